The number of esters is 1. The summed E-state index contributed by atoms with van der Waals surface area (Å²) in [6.45, 7) is 2.56. The second-order valence-electron chi connectivity index (χ2n) is 3.78. The Morgan fingerprint density at radius 1 is 1.50 bits per heavy atom. The summed E-state index contributed by atoms with van der Waals surface area (Å²) in [5.74, 6) is 0.273. The maximum Gasteiger partial charge on any atom is 0.338 e. The molecule has 0 amide bonds. The number of hydrogen-bond donors (Lipinski definition) is 0. The van der Waals surface area contributed by atoms with Crippen molar-refractivity contribution in [2.75, 3.05) is 6.61 Å². The summed E-state index contributed by atoms with van der Waals surface area (Å²) in [6, 6.07) is 9.06. The van der Waals surface area contributed by atoms with E-state index in [0.717, 1.165) is 13.0 Å². The number of benzene rings is 1. The van der Waals surface area contributed by atoms with Gasteiger partial charge in [-0.15, -0.1) is 0 Å². The average Bonchev–Trinajstić information content (AvgIpc) is 3.11. The van der Waals surface area contributed by atoms with Crippen molar-refractivity contribution in [2.24, 2.45) is 0 Å². The number of carbonyl (C=O) groups is 1. The van der Waals surface area contributed by atoms with Crippen LogP contribution in [0.25, 0.3) is 0 Å². The molecule has 1 fully saturated rings. The van der Waals surface area contributed by atoms with Crippen LogP contribution in [0.5, 0.6) is 5.75 Å². The zero-order valence-corrected chi connectivity index (χ0v) is 9.18. The van der Waals surface area contributed by atoms with Gasteiger partial charge in [0.25, 0.3) is 0 Å². The van der Waals surface area contributed by atoms with Gasteiger partial charge in [0.2, 0.25) is 0 Å². The largest absolute Gasteiger partial charge is 0.423 e. The third-order valence-corrected chi connectivity index (χ3v) is 2.37. The molecular formula is C13H14O3. The first-order valence-corrected chi connectivity index (χ1v) is 5.31. The third kappa shape index (κ3) is 3.21. The van der Waals surface area contributed by atoms with E-state index in [1.54, 1.807) is 19.1 Å². The lowest BCUT2D eigenvalue weighted by Gasteiger charge is -2.03. The van der Waals surface area contributed by atoms with Gasteiger partial charge in [-0.3, -0.25) is 0 Å². The first-order valence-electron chi connectivity index (χ1n) is 5.31. The van der Waals surface area contributed by atoms with Gasteiger partial charge in [0.05, 0.1) is 12.7 Å². The van der Waals surface area contributed by atoms with Crippen LogP contribution in [0, 0.1) is 0 Å². The predicted octanol–water partition coefficient (Wildman–Crippen LogP) is 2.33. The summed E-state index contributed by atoms with van der Waals surface area (Å²) in [7, 11) is 0. The van der Waals surface area contributed by atoms with E-state index in [1.807, 2.05) is 24.3 Å². The molecule has 0 N–H and O–H groups in total. The molecule has 0 spiro atoms. The number of rotatable bonds is 4. The van der Waals surface area contributed by atoms with Crippen LogP contribution in [0.15, 0.2) is 42.0 Å². The van der Waals surface area contributed by atoms with Gasteiger partial charge < -0.3 is 9.47 Å². The molecule has 0 aromatic heterocycles. The van der Waals surface area contributed by atoms with Gasteiger partial charge in [0.15, 0.2) is 0 Å². The van der Waals surface area contributed by atoms with Crippen LogP contribution in [-0.2, 0) is 9.53 Å². The monoisotopic (exact) mass is 218 g/mol. The molecule has 1 aliphatic rings. The molecule has 0 bridgehead atoms. The highest BCUT2D eigenvalue weighted by Crippen LogP contribution is 2.16. The molecule has 1 aromatic carbocycles. The number of para-hydroxylation sites is 1. The Kier molecular flexibility index (Phi) is 3.37. The van der Waals surface area contributed by atoms with Crippen molar-refractivity contribution in [2.45, 2.75) is 19.4 Å². The van der Waals surface area contributed by atoms with Gasteiger partial charge in [-0.05, 0) is 25.5 Å². The molecule has 1 heterocycles. The zero-order chi connectivity index (χ0) is 11.4. The maximum absolute atomic E-state index is 11.6. The lowest BCUT2D eigenvalue weighted by Crippen LogP contribution is -2.09. The highest BCUT2D eigenvalue weighted by Gasteiger charge is 2.21. The molecule has 3 heteroatoms. The Hall–Kier alpha value is -1.61. The normalized spacial score (nSPS) is 19.3. The fourth-order valence-electron chi connectivity index (χ4n) is 1.27. The molecule has 1 saturated heterocycles. The lowest BCUT2D eigenvalue weighted by atomic mass is 10.2. The molecule has 84 valence electrons. The van der Waals surface area contributed by atoms with Crippen molar-refractivity contribution in [1.82, 2.24) is 0 Å². The Labute approximate surface area is 94.7 Å². The molecule has 1 aromatic rings. The molecule has 1 unspecified atom stereocenters. The van der Waals surface area contributed by atoms with Crippen LogP contribution >= 0.6 is 0 Å². The Morgan fingerprint density at radius 3 is 2.81 bits per heavy atom. The summed E-state index contributed by atoms with van der Waals surface area (Å²) in [5.41, 5.74) is 0.624. The molecule has 1 aliphatic heterocycles. The molecular weight excluding hydrogens is 204 g/mol. The van der Waals surface area contributed by atoms with Crippen LogP contribution in [0.4, 0.5) is 0 Å². The Bertz CT molecular complexity index is 391. The number of carbonyl (C=O) groups excluding carboxylic acids is 1. The van der Waals surface area contributed by atoms with Gasteiger partial charge >= 0.3 is 5.97 Å². The van der Waals surface area contributed by atoms with E-state index in [0.29, 0.717) is 17.4 Å². The summed E-state index contributed by atoms with van der Waals surface area (Å²) in [4.78, 5) is 11.6. The summed E-state index contributed by atoms with van der Waals surface area (Å²) >= 11 is 0. The average molecular weight is 218 g/mol. The first kappa shape index (κ1) is 10.9. The smallest absolute Gasteiger partial charge is 0.338 e. The van der Waals surface area contributed by atoms with E-state index in [-0.39, 0.29) is 5.97 Å². The van der Waals surface area contributed by atoms with Crippen molar-refractivity contribution >= 4 is 5.97 Å². The van der Waals surface area contributed by atoms with E-state index in [9.17, 15) is 4.79 Å². The zero-order valence-electron chi connectivity index (χ0n) is 9.18. The van der Waals surface area contributed by atoms with Gasteiger partial charge in [-0.1, -0.05) is 24.3 Å². The fraction of sp³-hybridized carbons (Fsp3) is 0.308. The molecule has 2 rings (SSSR count). The topological polar surface area (TPSA) is 38.8 Å². The van der Waals surface area contributed by atoms with Crippen LogP contribution in [0.3, 0.4) is 0 Å². The van der Waals surface area contributed by atoms with Crippen molar-refractivity contribution in [3.8, 4) is 5.75 Å². The molecule has 0 aliphatic carbocycles. The molecule has 0 radical (unpaired) electrons. The summed E-state index contributed by atoms with van der Waals surface area (Å²) in [5, 5.41) is 0. The van der Waals surface area contributed by atoms with Gasteiger partial charge in [0.1, 0.15) is 5.75 Å². The summed E-state index contributed by atoms with van der Waals surface area (Å²) < 4.78 is 10.2. The Balaban J connectivity index is 1.89. The Morgan fingerprint density at radius 2 is 2.19 bits per heavy atom. The SMILES string of the molecule is CC(=CCC1CO1)C(=O)Oc1ccccc1. The van der Waals surface area contributed by atoms with E-state index in [1.165, 1.54) is 0 Å². The van der Waals surface area contributed by atoms with Gasteiger partial charge in [-0.2, -0.15) is 0 Å². The number of hydrogen-bond acceptors (Lipinski definition) is 3. The first-order chi connectivity index (χ1) is 7.75. The highest BCUT2D eigenvalue weighted by atomic mass is 16.6. The van der Waals surface area contributed by atoms with E-state index in [4.69, 9.17) is 9.47 Å². The number of ether oxygens (including phenoxy) is 2. The second-order valence-corrected chi connectivity index (χ2v) is 3.78. The fourth-order valence-corrected chi connectivity index (χ4v) is 1.27. The predicted molar refractivity (Wildman–Crippen MR) is 60.2 cm³/mol. The van der Waals surface area contributed by atoms with Crippen LogP contribution < -0.4 is 4.74 Å². The van der Waals surface area contributed by atoms with Crippen LogP contribution in [0.1, 0.15) is 13.3 Å². The maximum atomic E-state index is 11.6. The minimum absolute atomic E-state index is 0.299. The van der Waals surface area contributed by atoms with Crippen molar-refractivity contribution < 1.29 is 14.3 Å². The molecule has 3 nitrogen and oxygen atoms in total. The van der Waals surface area contributed by atoms with E-state index >= 15 is 0 Å². The van der Waals surface area contributed by atoms with Crippen molar-refractivity contribution in [1.29, 1.82) is 0 Å². The third-order valence-electron chi connectivity index (χ3n) is 2.37. The standard InChI is InChI=1S/C13H14O3/c1-10(7-8-12-9-15-12)13(14)16-11-5-3-2-4-6-11/h2-7,12H,8-9H2,1H3. The second kappa shape index (κ2) is 4.94. The van der Waals surface area contributed by atoms with Gasteiger partial charge in [-0.25, -0.2) is 4.79 Å². The van der Waals surface area contributed by atoms with Crippen LogP contribution in [-0.4, -0.2) is 18.7 Å². The van der Waals surface area contributed by atoms with Crippen molar-refractivity contribution in [3.05, 3.63) is 42.0 Å². The molecule has 1 atom stereocenters. The minimum Gasteiger partial charge on any atom is -0.423 e. The van der Waals surface area contributed by atoms with Gasteiger partial charge in [0, 0.05) is 5.57 Å². The van der Waals surface area contributed by atoms with E-state index in [2.05, 4.69) is 0 Å². The summed E-state index contributed by atoms with van der Waals surface area (Å²) in [6.07, 6.45) is 2.96. The quantitative estimate of drug-likeness (QED) is 0.337. The lowest BCUT2D eigenvalue weighted by molar-refractivity contribution is -0.130. The molecule has 0 saturated carbocycles. The highest BCUT2D eigenvalue weighted by molar-refractivity contribution is 5.89. The van der Waals surface area contributed by atoms with E-state index < -0.39 is 0 Å². The minimum atomic E-state index is -0.299. The van der Waals surface area contributed by atoms with Crippen molar-refractivity contribution in [3.63, 3.8) is 0 Å². The number of epoxide rings is 1. The molecule has 16 heavy (non-hydrogen) atoms. The van der Waals surface area contributed by atoms with Crippen LogP contribution in [0.2, 0.25) is 0 Å².